The second-order valence-corrected chi connectivity index (χ2v) is 10.3. The molecule has 6 nitrogen and oxygen atoms in total. The van der Waals surface area contributed by atoms with Gasteiger partial charge in [-0.3, -0.25) is 9.69 Å². The molecule has 7 heteroatoms. The van der Waals surface area contributed by atoms with Crippen LogP contribution in [0.3, 0.4) is 0 Å². The highest BCUT2D eigenvalue weighted by Crippen LogP contribution is 2.25. The largest absolute Gasteiger partial charge is 0.352 e. The lowest BCUT2D eigenvalue weighted by Gasteiger charge is -2.15. The minimum atomic E-state index is -3.61. The van der Waals surface area contributed by atoms with Gasteiger partial charge < -0.3 is 5.32 Å². The van der Waals surface area contributed by atoms with Gasteiger partial charge in [0, 0.05) is 26.1 Å². The van der Waals surface area contributed by atoms with Crippen molar-refractivity contribution >= 4 is 15.9 Å². The quantitative estimate of drug-likeness (QED) is 0.464. The first-order valence-corrected chi connectivity index (χ1v) is 13.2. The van der Waals surface area contributed by atoms with Gasteiger partial charge in [-0.1, -0.05) is 66.7 Å². The summed E-state index contributed by atoms with van der Waals surface area (Å²) in [5, 5.41) is 2.91. The number of rotatable bonds is 10. The number of carbonyl (C=O) groups is 1. The standard InChI is InChI=1S/C27H31N3O3S/c31-27(16-17-29-34(32,33)25-9-2-1-3-10-25)28-20-24-8-4-5-11-26(24)23-14-12-22(13-15-23)21-30-18-6-7-19-30/h1-5,8-15,29H,6-7,16-21H2,(H,28,31). The molecule has 3 aromatic rings. The highest BCUT2D eigenvalue weighted by molar-refractivity contribution is 7.89. The van der Waals surface area contributed by atoms with E-state index in [1.165, 1.54) is 43.6 Å². The number of carbonyl (C=O) groups excluding carboxylic acids is 1. The van der Waals surface area contributed by atoms with Crippen molar-refractivity contribution in [3.05, 3.63) is 90.0 Å². The summed E-state index contributed by atoms with van der Waals surface area (Å²) >= 11 is 0. The van der Waals surface area contributed by atoms with E-state index in [0.717, 1.165) is 23.2 Å². The molecule has 0 bridgehead atoms. The first-order chi connectivity index (χ1) is 16.5. The molecule has 1 heterocycles. The number of likely N-dealkylation sites (tertiary alicyclic amines) is 1. The predicted octanol–water partition coefficient (Wildman–Crippen LogP) is 3.93. The maximum atomic E-state index is 12.3. The maximum absolute atomic E-state index is 12.3. The number of amides is 1. The Morgan fingerprint density at radius 3 is 2.26 bits per heavy atom. The zero-order chi connectivity index (χ0) is 23.8. The van der Waals surface area contributed by atoms with E-state index in [-0.39, 0.29) is 23.8 Å². The van der Waals surface area contributed by atoms with Crippen LogP contribution in [-0.2, 0) is 27.9 Å². The highest BCUT2D eigenvalue weighted by Gasteiger charge is 2.14. The van der Waals surface area contributed by atoms with Gasteiger partial charge in [-0.15, -0.1) is 0 Å². The fourth-order valence-electron chi connectivity index (χ4n) is 4.21. The molecule has 1 amide bonds. The minimum Gasteiger partial charge on any atom is -0.352 e. The van der Waals surface area contributed by atoms with Gasteiger partial charge in [-0.25, -0.2) is 13.1 Å². The van der Waals surface area contributed by atoms with Crippen molar-refractivity contribution in [2.24, 2.45) is 0 Å². The third-order valence-electron chi connectivity index (χ3n) is 6.06. The Hall–Kier alpha value is -3.00. The number of hydrogen-bond donors (Lipinski definition) is 2. The summed E-state index contributed by atoms with van der Waals surface area (Å²) < 4.78 is 27.0. The topological polar surface area (TPSA) is 78.5 Å². The molecule has 0 aromatic heterocycles. The molecule has 1 aliphatic rings. The first-order valence-electron chi connectivity index (χ1n) is 11.7. The molecule has 34 heavy (non-hydrogen) atoms. The van der Waals surface area contributed by atoms with Gasteiger partial charge in [0.15, 0.2) is 0 Å². The van der Waals surface area contributed by atoms with E-state index in [0.29, 0.717) is 6.54 Å². The van der Waals surface area contributed by atoms with Crippen LogP contribution in [0.2, 0.25) is 0 Å². The summed E-state index contributed by atoms with van der Waals surface area (Å²) in [6.07, 6.45) is 2.64. The predicted molar refractivity (Wildman–Crippen MR) is 134 cm³/mol. The van der Waals surface area contributed by atoms with Crippen molar-refractivity contribution in [2.45, 2.75) is 37.2 Å². The van der Waals surface area contributed by atoms with Gasteiger partial charge in [-0.05, 0) is 60.3 Å². The summed E-state index contributed by atoms with van der Waals surface area (Å²) in [6.45, 7) is 3.78. The van der Waals surface area contributed by atoms with Gasteiger partial charge in [0.25, 0.3) is 0 Å². The molecule has 0 aliphatic carbocycles. The lowest BCUT2D eigenvalue weighted by Crippen LogP contribution is -2.30. The summed E-state index contributed by atoms with van der Waals surface area (Å²) in [4.78, 5) is 15.0. The van der Waals surface area contributed by atoms with E-state index in [1.54, 1.807) is 18.2 Å². The average Bonchev–Trinajstić information content (AvgIpc) is 3.37. The summed E-state index contributed by atoms with van der Waals surface area (Å²) in [5.74, 6) is -0.202. The zero-order valence-electron chi connectivity index (χ0n) is 19.2. The normalized spacial score (nSPS) is 14.2. The Balaban J connectivity index is 1.30. The molecule has 0 atom stereocenters. The van der Waals surface area contributed by atoms with Crippen molar-refractivity contribution in [3.8, 4) is 11.1 Å². The molecule has 178 valence electrons. The number of nitrogens with zero attached hydrogens (tertiary/aromatic N) is 1. The lowest BCUT2D eigenvalue weighted by atomic mass is 9.98. The Kier molecular flexibility index (Phi) is 8.11. The Morgan fingerprint density at radius 2 is 1.53 bits per heavy atom. The van der Waals surface area contributed by atoms with Crippen LogP contribution in [0.15, 0.2) is 83.8 Å². The van der Waals surface area contributed by atoms with Crippen molar-refractivity contribution in [1.82, 2.24) is 14.9 Å². The molecular weight excluding hydrogens is 446 g/mol. The molecule has 1 fully saturated rings. The van der Waals surface area contributed by atoms with Crippen LogP contribution in [0.25, 0.3) is 11.1 Å². The molecule has 1 saturated heterocycles. The molecule has 0 radical (unpaired) electrons. The maximum Gasteiger partial charge on any atom is 0.240 e. The molecule has 3 aromatic carbocycles. The fourth-order valence-corrected chi connectivity index (χ4v) is 5.26. The van der Waals surface area contributed by atoms with Gasteiger partial charge >= 0.3 is 0 Å². The highest BCUT2D eigenvalue weighted by atomic mass is 32.2. The molecular formula is C27H31N3O3S. The van der Waals surface area contributed by atoms with Crippen LogP contribution in [0, 0.1) is 0 Å². The molecule has 2 N–H and O–H groups in total. The van der Waals surface area contributed by atoms with Gasteiger partial charge in [0.1, 0.15) is 0 Å². The Labute approximate surface area is 202 Å². The SMILES string of the molecule is O=C(CCNS(=O)(=O)c1ccccc1)NCc1ccccc1-c1ccc(CN2CCCC2)cc1. The van der Waals surface area contributed by atoms with Crippen molar-refractivity contribution in [1.29, 1.82) is 0 Å². The van der Waals surface area contributed by atoms with Crippen LogP contribution in [0.1, 0.15) is 30.4 Å². The van der Waals surface area contributed by atoms with Crippen LogP contribution in [0.5, 0.6) is 0 Å². The van der Waals surface area contributed by atoms with Crippen LogP contribution < -0.4 is 10.0 Å². The second-order valence-electron chi connectivity index (χ2n) is 8.57. The summed E-state index contributed by atoms with van der Waals surface area (Å²) in [7, 11) is -3.61. The van der Waals surface area contributed by atoms with E-state index >= 15 is 0 Å². The monoisotopic (exact) mass is 477 g/mol. The van der Waals surface area contributed by atoms with Gasteiger partial charge in [0.2, 0.25) is 15.9 Å². The van der Waals surface area contributed by atoms with Gasteiger partial charge in [0.05, 0.1) is 4.90 Å². The minimum absolute atomic E-state index is 0.0448. The number of sulfonamides is 1. The number of hydrogen-bond acceptors (Lipinski definition) is 4. The van der Waals surface area contributed by atoms with Crippen molar-refractivity contribution in [3.63, 3.8) is 0 Å². The van der Waals surface area contributed by atoms with Gasteiger partial charge in [-0.2, -0.15) is 0 Å². The van der Waals surface area contributed by atoms with E-state index < -0.39 is 10.0 Å². The van der Waals surface area contributed by atoms with E-state index in [4.69, 9.17) is 0 Å². The van der Waals surface area contributed by atoms with Crippen LogP contribution in [-0.4, -0.2) is 38.9 Å². The molecule has 1 aliphatic heterocycles. The Bertz CT molecular complexity index is 1190. The van der Waals surface area contributed by atoms with E-state index in [2.05, 4.69) is 45.3 Å². The van der Waals surface area contributed by atoms with Crippen molar-refractivity contribution in [2.75, 3.05) is 19.6 Å². The fraction of sp³-hybridized carbons (Fsp3) is 0.296. The first kappa shape index (κ1) is 24.1. The van der Waals surface area contributed by atoms with E-state index in [1.807, 2.05) is 18.2 Å². The Morgan fingerprint density at radius 1 is 0.853 bits per heavy atom. The lowest BCUT2D eigenvalue weighted by molar-refractivity contribution is -0.121. The van der Waals surface area contributed by atoms with Crippen molar-refractivity contribution < 1.29 is 13.2 Å². The zero-order valence-corrected chi connectivity index (χ0v) is 20.1. The average molecular weight is 478 g/mol. The molecule has 0 unspecified atom stereocenters. The number of nitrogens with one attached hydrogen (secondary N) is 2. The summed E-state index contributed by atoms with van der Waals surface area (Å²) in [6, 6.07) is 24.8. The molecule has 0 saturated carbocycles. The van der Waals surface area contributed by atoms with E-state index in [9.17, 15) is 13.2 Å². The number of benzene rings is 3. The third kappa shape index (κ3) is 6.53. The van der Waals surface area contributed by atoms with Crippen LogP contribution in [0.4, 0.5) is 0 Å². The summed E-state index contributed by atoms with van der Waals surface area (Å²) in [5.41, 5.74) is 4.54. The molecule has 4 rings (SSSR count). The third-order valence-corrected chi connectivity index (χ3v) is 7.54. The second kappa shape index (κ2) is 11.4. The van der Waals surface area contributed by atoms with Crippen LogP contribution >= 0.6 is 0 Å². The molecule has 0 spiro atoms. The smallest absolute Gasteiger partial charge is 0.240 e.